The Bertz CT molecular complexity index is 840. The first-order chi connectivity index (χ1) is 10.6. The van der Waals surface area contributed by atoms with Crippen molar-refractivity contribution in [3.63, 3.8) is 0 Å². The van der Waals surface area contributed by atoms with E-state index < -0.39 is 5.91 Å². The molecule has 0 bridgehead atoms. The maximum atomic E-state index is 11.9. The molecule has 6 nitrogen and oxygen atoms in total. The van der Waals surface area contributed by atoms with Gasteiger partial charge in [-0.1, -0.05) is 11.8 Å². The third kappa shape index (κ3) is 3.02. The summed E-state index contributed by atoms with van der Waals surface area (Å²) in [5, 5.41) is 5.98. The van der Waals surface area contributed by atoms with Crippen LogP contribution in [0.15, 0.2) is 41.1 Å². The fourth-order valence-electron chi connectivity index (χ4n) is 1.94. The molecule has 3 rings (SSSR count). The third-order valence-electron chi connectivity index (χ3n) is 2.99. The molecule has 0 saturated heterocycles. The smallest absolute Gasteiger partial charge is 0.274 e. The number of hydrogen-bond donors (Lipinski definition) is 1. The lowest BCUT2D eigenvalue weighted by Gasteiger charge is -2.05. The number of aryl methyl sites for hydroxylation is 1. The minimum atomic E-state index is -0.401. The van der Waals surface area contributed by atoms with Gasteiger partial charge in [-0.15, -0.1) is 11.3 Å². The highest BCUT2D eigenvalue weighted by Crippen LogP contribution is 2.27. The number of aromatic nitrogens is 3. The normalized spacial score (nSPS) is 10.8. The van der Waals surface area contributed by atoms with Crippen molar-refractivity contribution in [2.45, 2.75) is 5.03 Å². The summed E-state index contributed by atoms with van der Waals surface area (Å²) in [6, 6.07) is 5.34. The van der Waals surface area contributed by atoms with Crippen LogP contribution in [0.5, 0.6) is 0 Å². The quantitative estimate of drug-likeness (QED) is 0.585. The van der Waals surface area contributed by atoms with Gasteiger partial charge < -0.3 is 4.57 Å². The maximum Gasteiger partial charge on any atom is 0.274 e. The highest BCUT2D eigenvalue weighted by molar-refractivity contribution is 8.00. The molecule has 3 heterocycles. The van der Waals surface area contributed by atoms with Crippen LogP contribution in [0.3, 0.4) is 0 Å². The van der Waals surface area contributed by atoms with E-state index in [0.29, 0.717) is 5.69 Å². The molecule has 0 atom stereocenters. The van der Waals surface area contributed by atoms with Gasteiger partial charge in [0.15, 0.2) is 0 Å². The van der Waals surface area contributed by atoms with Crippen molar-refractivity contribution >= 4 is 45.1 Å². The van der Waals surface area contributed by atoms with E-state index in [2.05, 4.69) is 15.3 Å². The van der Waals surface area contributed by atoms with Crippen molar-refractivity contribution in [3.8, 4) is 0 Å². The van der Waals surface area contributed by atoms with Gasteiger partial charge in [0.2, 0.25) is 5.91 Å². The van der Waals surface area contributed by atoms with Crippen LogP contribution in [0.25, 0.3) is 10.2 Å². The number of thioether (sulfide) groups is 1. The van der Waals surface area contributed by atoms with Gasteiger partial charge in [0.05, 0.1) is 5.75 Å². The SMILES string of the molecule is Cn1cccc1C(=O)NC(=O)CSc1ncnc2sccc12. The molecule has 0 aliphatic heterocycles. The van der Waals surface area contributed by atoms with Gasteiger partial charge in [0, 0.05) is 18.6 Å². The number of nitrogens with one attached hydrogen (secondary N) is 1. The first kappa shape index (κ1) is 14.7. The Labute approximate surface area is 134 Å². The van der Waals surface area contributed by atoms with Crippen LogP contribution in [0.4, 0.5) is 0 Å². The molecule has 0 fully saturated rings. The number of rotatable bonds is 4. The number of hydrogen-bond acceptors (Lipinski definition) is 6. The fourth-order valence-corrected chi connectivity index (χ4v) is 3.52. The van der Waals surface area contributed by atoms with Crippen molar-refractivity contribution in [2.75, 3.05) is 5.75 Å². The standard InChI is InChI=1S/C14H12N4O2S2/c1-18-5-2-3-10(18)12(20)17-11(19)7-22-14-9-4-6-21-13(9)15-8-16-14/h2-6,8H,7H2,1H3,(H,17,19,20). The summed E-state index contributed by atoms with van der Waals surface area (Å²) in [6.45, 7) is 0. The second-order valence-electron chi connectivity index (χ2n) is 4.49. The Morgan fingerprint density at radius 3 is 3.00 bits per heavy atom. The topological polar surface area (TPSA) is 76.9 Å². The van der Waals surface area contributed by atoms with Gasteiger partial charge >= 0.3 is 0 Å². The minimum Gasteiger partial charge on any atom is -0.347 e. The molecule has 3 aromatic heterocycles. The van der Waals surface area contributed by atoms with Crippen molar-refractivity contribution in [3.05, 3.63) is 41.8 Å². The molecule has 0 unspecified atom stereocenters. The number of carbonyl (C=O) groups is 2. The summed E-state index contributed by atoms with van der Waals surface area (Å²) in [4.78, 5) is 33.1. The van der Waals surface area contributed by atoms with E-state index in [-0.39, 0.29) is 11.7 Å². The number of amides is 2. The van der Waals surface area contributed by atoms with Gasteiger partial charge in [-0.3, -0.25) is 14.9 Å². The second kappa shape index (κ2) is 6.29. The molecule has 0 aliphatic rings. The lowest BCUT2D eigenvalue weighted by molar-refractivity contribution is -0.117. The van der Waals surface area contributed by atoms with E-state index in [9.17, 15) is 9.59 Å². The molecule has 0 aliphatic carbocycles. The highest BCUT2D eigenvalue weighted by Gasteiger charge is 2.14. The van der Waals surface area contributed by atoms with Crippen LogP contribution in [0.2, 0.25) is 0 Å². The lowest BCUT2D eigenvalue weighted by Crippen LogP contribution is -2.32. The monoisotopic (exact) mass is 332 g/mol. The zero-order chi connectivity index (χ0) is 15.5. The predicted molar refractivity (Wildman–Crippen MR) is 86.0 cm³/mol. The second-order valence-corrected chi connectivity index (χ2v) is 6.35. The number of nitrogens with zero attached hydrogens (tertiary/aromatic N) is 3. The van der Waals surface area contributed by atoms with E-state index in [1.54, 1.807) is 29.9 Å². The molecule has 0 spiro atoms. The zero-order valence-corrected chi connectivity index (χ0v) is 13.3. The average Bonchev–Trinajstić information content (AvgIpc) is 3.13. The van der Waals surface area contributed by atoms with Crippen molar-refractivity contribution in [1.29, 1.82) is 0 Å². The Balaban J connectivity index is 1.62. The molecule has 2 amide bonds. The summed E-state index contributed by atoms with van der Waals surface area (Å²) in [6.07, 6.45) is 3.23. The predicted octanol–water partition coefficient (Wildman–Crippen LogP) is 2.08. The molecular weight excluding hydrogens is 320 g/mol. The number of fused-ring (bicyclic) bond motifs is 1. The van der Waals surface area contributed by atoms with Gasteiger partial charge in [-0.05, 0) is 23.6 Å². The van der Waals surface area contributed by atoms with Crippen LogP contribution in [-0.4, -0.2) is 32.1 Å². The number of imide groups is 1. The third-order valence-corrected chi connectivity index (χ3v) is 4.82. The molecule has 0 aromatic carbocycles. The molecule has 0 saturated carbocycles. The first-order valence-corrected chi connectivity index (χ1v) is 8.28. The Kier molecular flexibility index (Phi) is 4.21. The summed E-state index contributed by atoms with van der Waals surface area (Å²) in [5.74, 6) is -0.627. The molecular formula is C14H12N4O2S2. The number of thiophene rings is 1. The summed E-state index contributed by atoms with van der Waals surface area (Å²) in [7, 11) is 1.75. The van der Waals surface area contributed by atoms with Gasteiger partial charge in [0.25, 0.3) is 5.91 Å². The van der Waals surface area contributed by atoms with Crippen LogP contribution < -0.4 is 5.32 Å². The molecule has 112 valence electrons. The van der Waals surface area contributed by atoms with Crippen molar-refractivity contribution < 1.29 is 9.59 Å². The zero-order valence-electron chi connectivity index (χ0n) is 11.6. The van der Waals surface area contributed by atoms with E-state index in [1.807, 2.05) is 11.4 Å². The van der Waals surface area contributed by atoms with Gasteiger partial charge in [0.1, 0.15) is 21.9 Å². The van der Waals surface area contributed by atoms with Gasteiger partial charge in [-0.2, -0.15) is 0 Å². The summed E-state index contributed by atoms with van der Waals surface area (Å²) < 4.78 is 1.66. The van der Waals surface area contributed by atoms with E-state index in [0.717, 1.165) is 15.2 Å². The van der Waals surface area contributed by atoms with E-state index in [4.69, 9.17) is 0 Å². The Hall–Kier alpha value is -2.19. The molecule has 3 aromatic rings. The molecule has 1 N–H and O–H groups in total. The van der Waals surface area contributed by atoms with Crippen molar-refractivity contribution in [1.82, 2.24) is 19.9 Å². The molecule has 0 radical (unpaired) electrons. The first-order valence-electron chi connectivity index (χ1n) is 6.41. The minimum absolute atomic E-state index is 0.123. The Morgan fingerprint density at radius 1 is 1.36 bits per heavy atom. The number of carbonyl (C=O) groups excluding carboxylic acids is 2. The Morgan fingerprint density at radius 2 is 2.23 bits per heavy atom. The lowest BCUT2D eigenvalue weighted by atomic mass is 10.4. The maximum absolute atomic E-state index is 11.9. The fraction of sp³-hybridized carbons (Fsp3) is 0.143. The van der Waals surface area contributed by atoms with Crippen LogP contribution in [0, 0.1) is 0 Å². The largest absolute Gasteiger partial charge is 0.347 e. The van der Waals surface area contributed by atoms with E-state index in [1.165, 1.54) is 29.4 Å². The van der Waals surface area contributed by atoms with Crippen molar-refractivity contribution in [2.24, 2.45) is 7.05 Å². The summed E-state index contributed by atoms with van der Waals surface area (Å²) >= 11 is 2.81. The van der Waals surface area contributed by atoms with E-state index >= 15 is 0 Å². The summed E-state index contributed by atoms with van der Waals surface area (Å²) in [5.41, 5.74) is 0.445. The van der Waals surface area contributed by atoms with Gasteiger partial charge in [-0.25, -0.2) is 9.97 Å². The highest BCUT2D eigenvalue weighted by atomic mass is 32.2. The molecule has 22 heavy (non-hydrogen) atoms. The average molecular weight is 332 g/mol. The van der Waals surface area contributed by atoms with Crippen LogP contribution in [-0.2, 0) is 11.8 Å². The van der Waals surface area contributed by atoms with Crippen LogP contribution in [0.1, 0.15) is 10.5 Å². The van der Waals surface area contributed by atoms with Crippen LogP contribution >= 0.6 is 23.1 Å². The molecule has 8 heteroatoms.